The van der Waals surface area contributed by atoms with E-state index in [4.69, 9.17) is 9.31 Å². The number of hydrogen-bond acceptors (Lipinski definition) is 4. The summed E-state index contributed by atoms with van der Waals surface area (Å²) in [5, 5.41) is 0. The maximum Gasteiger partial charge on any atom is 0.482 e. The molecule has 24 heavy (non-hydrogen) atoms. The molecular formula is C18H25BN2O3. The van der Waals surface area contributed by atoms with Gasteiger partial charge in [-0.1, -0.05) is 18.2 Å². The summed E-state index contributed by atoms with van der Waals surface area (Å²) in [6.07, 6.45) is 8.67. The molecule has 128 valence electrons. The number of aromatic nitrogens is 1. The van der Waals surface area contributed by atoms with Crippen LogP contribution in [-0.2, 0) is 20.5 Å². The van der Waals surface area contributed by atoms with Gasteiger partial charge >= 0.3 is 7.12 Å². The number of amides is 1. The van der Waals surface area contributed by atoms with E-state index in [9.17, 15) is 4.79 Å². The van der Waals surface area contributed by atoms with Crippen molar-refractivity contribution >= 4 is 13.0 Å². The predicted molar refractivity (Wildman–Crippen MR) is 93.3 cm³/mol. The molecule has 1 fully saturated rings. The Labute approximate surface area is 144 Å². The molecule has 1 unspecified atom stereocenters. The fourth-order valence-electron chi connectivity index (χ4n) is 3.06. The molecule has 1 atom stereocenters. The zero-order valence-electron chi connectivity index (χ0n) is 14.9. The van der Waals surface area contributed by atoms with E-state index in [0.29, 0.717) is 13.0 Å². The fraction of sp³-hybridized carbons (Fsp3) is 0.556. The summed E-state index contributed by atoms with van der Waals surface area (Å²) < 4.78 is 12.3. The third-order valence-corrected chi connectivity index (χ3v) is 5.23. The molecule has 3 heterocycles. The molecule has 0 bridgehead atoms. The molecule has 0 aliphatic carbocycles. The summed E-state index contributed by atoms with van der Waals surface area (Å²) in [4.78, 5) is 18.8. The number of pyridine rings is 1. The molecule has 0 N–H and O–H groups in total. The Morgan fingerprint density at radius 3 is 2.62 bits per heavy atom. The van der Waals surface area contributed by atoms with E-state index in [0.717, 1.165) is 12.0 Å². The Hall–Kier alpha value is -1.66. The number of carbonyl (C=O) groups excluding carboxylic acids is 1. The van der Waals surface area contributed by atoms with Crippen LogP contribution in [0.15, 0.2) is 36.7 Å². The topological polar surface area (TPSA) is 51.7 Å². The minimum absolute atomic E-state index is 0.0760. The number of rotatable bonds is 3. The third-order valence-electron chi connectivity index (χ3n) is 5.23. The smallest absolute Gasteiger partial charge is 0.402 e. The fourth-order valence-corrected chi connectivity index (χ4v) is 3.06. The van der Waals surface area contributed by atoms with Crippen molar-refractivity contribution < 1.29 is 14.1 Å². The Kier molecular flexibility index (Phi) is 4.53. The van der Waals surface area contributed by atoms with Crippen molar-refractivity contribution in [1.82, 2.24) is 9.88 Å². The van der Waals surface area contributed by atoms with Gasteiger partial charge in [-0.05, 0) is 45.7 Å². The zero-order valence-corrected chi connectivity index (χ0v) is 14.9. The van der Waals surface area contributed by atoms with Crippen molar-refractivity contribution in [2.24, 2.45) is 0 Å². The van der Waals surface area contributed by atoms with Gasteiger partial charge in [0.1, 0.15) is 0 Å². The van der Waals surface area contributed by atoms with E-state index in [1.165, 1.54) is 0 Å². The summed E-state index contributed by atoms with van der Waals surface area (Å²) in [6.45, 7) is 8.73. The van der Waals surface area contributed by atoms with Crippen molar-refractivity contribution in [2.45, 2.75) is 57.7 Å². The van der Waals surface area contributed by atoms with Gasteiger partial charge in [-0.25, -0.2) is 0 Å². The van der Waals surface area contributed by atoms with Gasteiger partial charge in [-0.15, -0.1) is 0 Å². The second-order valence-corrected chi connectivity index (χ2v) is 7.48. The first-order valence-electron chi connectivity index (χ1n) is 8.49. The molecule has 3 rings (SSSR count). The van der Waals surface area contributed by atoms with Crippen LogP contribution >= 0.6 is 0 Å². The summed E-state index contributed by atoms with van der Waals surface area (Å²) in [5.41, 5.74) is 0.137. The van der Waals surface area contributed by atoms with Gasteiger partial charge in [-0.3, -0.25) is 9.78 Å². The van der Waals surface area contributed by atoms with Crippen molar-refractivity contribution in [2.75, 3.05) is 6.54 Å². The van der Waals surface area contributed by atoms with E-state index in [1.54, 1.807) is 12.4 Å². The lowest BCUT2D eigenvalue weighted by atomic mass is 9.73. The van der Waals surface area contributed by atoms with Gasteiger partial charge in [0.2, 0.25) is 5.91 Å². The highest BCUT2D eigenvalue weighted by Gasteiger charge is 2.55. The Balaban J connectivity index is 1.75. The molecule has 0 saturated carbocycles. The molecule has 0 radical (unpaired) electrons. The Morgan fingerprint density at radius 2 is 2.00 bits per heavy atom. The third kappa shape index (κ3) is 3.26. The van der Waals surface area contributed by atoms with E-state index < -0.39 is 18.3 Å². The summed E-state index contributed by atoms with van der Waals surface area (Å²) >= 11 is 0. The number of nitrogens with zero attached hydrogens (tertiary/aromatic N) is 2. The van der Waals surface area contributed by atoms with E-state index in [-0.39, 0.29) is 11.8 Å². The van der Waals surface area contributed by atoms with Gasteiger partial charge in [-0.2, -0.15) is 0 Å². The minimum Gasteiger partial charge on any atom is -0.402 e. The van der Waals surface area contributed by atoms with Gasteiger partial charge in [0.05, 0.1) is 23.6 Å². The first-order valence-corrected chi connectivity index (χ1v) is 8.49. The van der Waals surface area contributed by atoms with Crippen LogP contribution in [0, 0.1) is 0 Å². The number of hydrogen-bond donors (Lipinski definition) is 0. The minimum atomic E-state index is -0.405. The van der Waals surface area contributed by atoms with Crippen LogP contribution in [0.5, 0.6) is 0 Å². The SMILES string of the molecule is CC1(C)OB(C2CC=CCN2C(=O)Cc2cccnc2)OC1(C)C. The maximum atomic E-state index is 12.8. The zero-order chi connectivity index (χ0) is 17.4. The van der Waals surface area contributed by atoms with E-state index in [2.05, 4.69) is 11.1 Å². The lowest BCUT2D eigenvalue weighted by molar-refractivity contribution is -0.131. The first-order chi connectivity index (χ1) is 11.3. The van der Waals surface area contributed by atoms with Crippen LogP contribution < -0.4 is 0 Å². The standard InChI is InChI=1S/C18H25BN2O3/c1-17(2)18(3,4)24-19(23-17)15-9-5-6-11-21(15)16(22)12-14-8-7-10-20-13-14/h5-8,10,13,15H,9,11-12H2,1-4H3. The van der Waals surface area contributed by atoms with Crippen LogP contribution in [0.25, 0.3) is 0 Å². The average Bonchev–Trinajstić information content (AvgIpc) is 2.76. The maximum absolute atomic E-state index is 12.8. The summed E-state index contributed by atoms with van der Waals surface area (Å²) in [6, 6.07) is 3.78. The molecule has 0 spiro atoms. The van der Waals surface area contributed by atoms with Crippen molar-refractivity contribution in [3.8, 4) is 0 Å². The molecule has 2 aliphatic rings. The summed E-state index contributed by atoms with van der Waals surface area (Å²) in [7, 11) is -0.405. The lowest BCUT2D eigenvalue weighted by Crippen LogP contribution is -2.52. The summed E-state index contributed by atoms with van der Waals surface area (Å²) in [5.74, 6) is -0.0210. The second-order valence-electron chi connectivity index (χ2n) is 7.48. The highest BCUT2D eigenvalue weighted by Crippen LogP contribution is 2.39. The molecule has 5 nitrogen and oxygen atoms in total. The van der Waals surface area contributed by atoms with Crippen molar-refractivity contribution in [3.05, 3.63) is 42.2 Å². The normalized spacial score (nSPS) is 25.1. The van der Waals surface area contributed by atoms with Crippen LogP contribution in [0.1, 0.15) is 39.7 Å². The molecule has 1 aromatic rings. The van der Waals surface area contributed by atoms with Crippen molar-refractivity contribution in [3.63, 3.8) is 0 Å². The first kappa shape index (κ1) is 17.2. The molecule has 1 amide bonds. The van der Waals surface area contributed by atoms with Crippen LogP contribution in [0.3, 0.4) is 0 Å². The average molecular weight is 328 g/mol. The van der Waals surface area contributed by atoms with Crippen LogP contribution in [0.2, 0.25) is 0 Å². The highest BCUT2D eigenvalue weighted by molar-refractivity contribution is 6.48. The Bertz CT molecular complexity index is 614. The molecular weight excluding hydrogens is 303 g/mol. The van der Waals surface area contributed by atoms with Crippen LogP contribution in [0.4, 0.5) is 0 Å². The van der Waals surface area contributed by atoms with Gasteiger partial charge < -0.3 is 14.2 Å². The van der Waals surface area contributed by atoms with Gasteiger partial charge in [0.15, 0.2) is 0 Å². The van der Waals surface area contributed by atoms with Crippen LogP contribution in [-0.4, -0.2) is 46.6 Å². The largest absolute Gasteiger partial charge is 0.482 e. The second kappa shape index (κ2) is 6.33. The number of carbonyl (C=O) groups is 1. The van der Waals surface area contributed by atoms with E-state index >= 15 is 0 Å². The molecule has 0 aromatic carbocycles. The van der Waals surface area contributed by atoms with E-state index in [1.807, 2.05) is 50.8 Å². The van der Waals surface area contributed by atoms with Gasteiger partial charge in [0, 0.05) is 18.9 Å². The molecule has 6 heteroatoms. The monoisotopic (exact) mass is 328 g/mol. The highest BCUT2D eigenvalue weighted by atomic mass is 16.7. The molecule has 2 aliphatic heterocycles. The molecule has 1 saturated heterocycles. The Morgan fingerprint density at radius 1 is 1.29 bits per heavy atom. The quantitative estimate of drug-likeness (QED) is 0.632. The predicted octanol–water partition coefficient (Wildman–Crippen LogP) is 2.41. The lowest BCUT2D eigenvalue weighted by Gasteiger charge is -2.34. The van der Waals surface area contributed by atoms with Crippen molar-refractivity contribution in [1.29, 1.82) is 0 Å². The molecule has 1 aromatic heterocycles. The van der Waals surface area contributed by atoms with Gasteiger partial charge in [0.25, 0.3) is 0 Å².